The van der Waals surface area contributed by atoms with Crippen LogP contribution in [0.4, 0.5) is 10.2 Å². The summed E-state index contributed by atoms with van der Waals surface area (Å²) in [4.78, 5) is 4.71. The molecular weight excluding hydrogens is 321 g/mol. The smallest absolute Gasteiger partial charge is 0.132 e. The van der Waals surface area contributed by atoms with E-state index in [1.54, 1.807) is 6.07 Å². The van der Waals surface area contributed by atoms with Crippen LogP contribution in [0.2, 0.25) is 0 Å². The maximum atomic E-state index is 13.5. The van der Waals surface area contributed by atoms with E-state index in [9.17, 15) is 4.39 Å². The molecule has 0 bridgehead atoms. The second-order valence-electron chi connectivity index (χ2n) is 5.57. The molecule has 1 aliphatic carbocycles. The molecule has 1 aliphatic rings. The molecule has 1 fully saturated rings. The minimum Gasteiger partial charge on any atom is -0.383 e. The highest BCUT2D eigenvalue weighted by atomic mass is 79.9. The third kappa shape index (κ3) is 2.24. The Morgan fingerprint density at radius 3 is 2.70 bits per heavy atom. The maximum absolute atomic E-state index is 13.5. The summed E-state index contributed by atoms with van der Waals surface area (Å²) in [6.07, 6.45) is 2.32. The van der Waals surface area contributed by atoms with E-state index in [-0.39, 0.29) is 11.9 Å². The zero-order chi connectivity index (χ0) is 14.4. The number of hydrogen-bond donors (Lipinski definition) is 1. The van der Waals surface area contributed by atoms with Crippen molar-refractivity contribution in [3.63, 3.8) is 0 Å². The van der Waals surface area contributed by atoms with Gasteiger partial charge in [-0.2, -0.15) is 0 Å². The van der Waals surface area contributed by atoms with Gasteiger partial charge in [-0.1, -0.05) is 15.9 Å². The second-order valence-corrected chi connectivity index (χ2v) is 6.42. The van der Waals surface area contributed by atoms with Crippen LogP contribution in [0.15, 0.2) is 22.7 Å². The molecule has 1 heterocycles. The Bertz CT molecular complexity index is 659. The van der Waals surface area contributed by atoms with E-state index < -0.39 is 0 Å². The van der Waals surface area contributed by atoms with Gasteiger partial charge in [-0.15, -0.1) is 0 Å². The summed E-state index contributed by atoms with van der Waals surface area (Å²) in [5.41, 5.74) is 7.66. The van der Waals surface area contributed by atoms with Gasteiger partial charge in [0.05, 0.1) is 0 Å². The lowest BCUT2D eigenvalue weighted by atomic mass is 10.1. The van der Waals surface area contributed by atoms with E-state index in [2.05, 4.69) is 34.3 Å². The maximum Gasteiger partial charge on any atom is 0.132 e. The van der Waals surface area contributed by atoms with Crippen molar-refractivity contribution < 1.29 is 4.39 Å². The summed E-state index contributed by atoms with van der Waals surface area (Å²) < 4.78 is 16.4. The highest BCUT2D eigenvalue weighted by Crippen LogP contribution is 2.44. The van der Waals surface area contributed by atoms with Gasteiger partial charge in [0.15, 0.2) is 0 Å². The highest BCUT2D eigenvalue weighted by molar-refractivity contribution is 9.10. The molecule has 2 aromatic rings. The van der Waals surface area contributed by atoms with Crippen LogP contribution in [0.1, 0.15) is 44.5 Å². The van der Waals surface area contributed by atoms with Crippen LogP contribution in [-0.4, -0.2) is 9.55 Å². The number of anilines is 1. The second kappa shape index (κ2) is 4.88. The summed E-state index contributed by atoms with van der Waals surface area (Å²) in [6, 6.07) is 4.84. The molecule has 1 aromatic heterocycles. The topological polar surface area (TPSA) is 43.8 Å². The van der Waals surface area contributed by atoms with E-state index in [1.807, 2.05) is 0 Å². The molecule has 0 unspecified atom stereocenters. The molecule has 0 aliphatic heterocycles. The van der Waals surface area contributed by atoms with Crippen molar-refractivity contribution in [2.24, 2.45) is 0 Å². The molecule has 3 nitrogen and oxygen atoms in total. The van der Waals surface area contributed by atoms with Crippen LogP contribution in [0.3, 0.4) is 0 Å². The lowest BCUT2D eigenvalue weighted by Gasteiger charge is -2.13. The first-order valence-corrected chi connectivity index (χ1v) is 7.61. The van der Waals surface area contributed by atoms with Gasteiger partial charge in [-0.25, -0.2) is 9.37 Å². The van der Waals surface area contributed by atoms with Gasteiger partial charge >= 0.3 is 0 Å². The van der Waals surface area contributed by atoms with Crippen molar-refractivity contribution in [3.05, 3.63) is 34.3 Å². The summed E-state index contributed by atoms with van der Waals surface area (Å²) in [6.45, 7) is 4.18. The van der Waals surface area contributed by atoms with Crippen molar-refractivity contribution >= 4 is 21.7 Å². The minimum atomic E-state index is -0.283. The Labute approximate surface area is 126 Å². The van der Waals surface area contributed by atoms with Crippen LogP contribution in [0, 0.1) is 5.82 Å². The predicted molar refractivity (Wildman–Crippen MR) is 82.1 cm³/mol. The standard InChI is InChI=1S/C15H17BrFN3/c1-8(2)20-14(18)13(19-15(20)9-3-4-9)11-7-10(17)5-6-12(11)16/h5-9H,3-4,18H2,1-2H3. The molecule has 0 radical (unpaired) electrons. The zero-order valence-electron chi connectivity index (χ0n) is 11.5. The van der Waals surface area contributed by atoms with Gasteiger partial charge in [0.25, 0.3) is 0 Å². The molecule has 5 heteroatoms. The Hall–Kier alpha value is -1.36. The van der Waals surface area contributed by atoms with Crippen molar-refractivity contribution in [1.29, 1.82) is 0 Å². The molecular formula is C15H17BrFN3. The number of benzene rings is 1. The molecule has 0 saturated heterocycles. The first-order chi connectivity index (χ1) is 9.49. The van der Waals surface area contributed by atoms with Crippen molar-refractivity contribution in [2.45, 2.75) is 38.6 Å². The third-order valence-corrected chi connectivity index (χ3v) is 4.31. The summed E-state index contributed by atoms with van der Waals surface area (Å²) in [5.74, 6) is 1.87. The van der Waals surface area contributed by atoms with Crippen LogP contribution < -0.4 is 5.73 Å². The lowest BCUT2D eigenvalue weighted by Crippen LogP contribution is -2.08. The first-order valence-electron chi connectivity index (χ1n) is 6.82. The largest absolute Gasteiger partial charge is 0.383 e. The fraction of sp³-hybridized carbons (Fsp3) is 0.400. The Balaban J connectivity index is 2.19. The number of rotatable bonds is 3. The van der Waals surface area contributed by atoms with Crippen molar-refractivity contribution in [3.8, 4) is 11.3 Å². The summed E-state index contributed by atoms with van der Waals surface area (Å²) in [7, 11) is 0. The van der Waals surface area contributed by atoms with Crippen molar-refractivity contribution in [2.75, 3.05) is 5.73 Å². The number of aromatic nitrogens is 2. The average Bonchev–Trinajstić information content (AvgIpc) is 3.16. The molecule has 1 saturated carbocycles. The van der Waals surface area contributed by atoms with Gasteiger partial charge in [-0.05, 0) is 44.9 Å². The van der Waals surface area contributed by atoms with Gasteiger partial charge in [0, 0.05) is 22.0 Å². The molecule has 3 rings (SSSR count). The van der Waals surface area contributed by atoms with Crippen LogP contribution >= 0.6 is 15.9 Å². The van der Waals surface area contributed by atoms with Crippen molar-refractivity contribution in [1.82, 2.24) is 9.55 Å². The number of nitrogens with zero attached hydrogens (tertiary/aromatic N) is 2. The fourth-order valence-electron chi connectivity index (χ4n) is 2.51. The zero-order valence-corrected chi connectivity index (χ0v) is 13.1. The molecule has 20 heavy (non-hydrogen) atoms. The van der Waals surface area contributed by atoms with E-state index in [1.165, 1.54) is 12.1 Å². The SMILES string of the molecule is CC(C)n1c(C2CC2)nc(-c2cc(F)ccc2Br)c1N. The molecule has 0 spiro atoms. The van der Waals surface area contributed by atoms with Gasteiger partial charge < -0.3 is 10.3 Å². The fourth-order valence-corrected chi connectivity index (χ4v) is 2.95. The van der Waals surface area contributed by atoms with Crippen LogP contribution in [-0.2, 0) is 0 Å². The van der Waals surface area contributed by atoms with Gasteiger partial charge in [0.1, 0.15) is 23.2 Å². The van der Waals surface area contributed by atoms with E-state index in [0.717, 1.165) is 23.1 Å². The Morgan fingerprint density at radius 1 is 1.40 bits per heavy atom. The number of hydrogen-bond acceptors (Lipinski definition) is 2. The summed E-state index contributed by atoms with van der Waals surface area (Å²) >= 11 is 3.45. The van der Waals surface area contributed by atoms with E-state index >= 15 is 0 Å². The highest BCUT2D eigenvalue weighted by Gasteiger charge is 2.32. The average molecular weight is 338 g/mol. The van der Waals surface area contributed by atoms with Crippen LogP contribution in [0.5, 0.6) is 0 Å². The minimum absolute atomic E-state index is 0.249. The summed E-state index contributed by atoms with van der Waals surface area (Å²) in [5, 5.41) is 0. The Kier molecular flexibility index (Phi) is 3.32. The quantitative estimate of drug-likeness (QED) is 0.896. The Morgan fingerprint density at radius 2 is 2.10 bits per heavy atom. The molecule has 0 atom stereocenters. The lowest BCUT2D eigenvalue weighted by molar-refractivity contribution is 0.576. The molecule has 0 amide bonds. The number of halogens is 2. The third-order valence-electron chi connectivity index (χ3n) is 3.62. The first kappa shape index (κ1) is 13.6. The molecule has 1 aromatic carbocycles. The molecule has 2 N–H and O–H groups in total. The number of imidazole rings is 1. The monoisotopic (exact) mass is 337 g/mol. The van der Waals surface area contributed by atoms with E-state index in [0.29, 0.717) is 23.0 Å². The number of nitrogens with two attached hydrogens (primary N) is 1. The predicted octanol–water partition coefficient (Wildman–Crippen LogP) is 4.49. The number of nitrogen functional groups attached to an aromatic ring is 1. The van der Waals surface area contributed by atoms with Gasteiger partial charge in [-0.3, -0.25) is 0 Å². The molecule has 106 valence electrons. The normalized spacial score (nSPS) is 15.1. The van der Waals surface area contributed by atoms with Gasteiger partial charge in [0.2, 0.25) is 0 Å². The van der Waals surface area contributed by atoms with E-state index in [4.69, 9.17) is 10.7 Å². The van der Waals surface area contributed by atoms with Crippen LogP contribution in [0.25, 0.3) is 11.3 Å².